The highest BCUT2D eigenvalue weighted by atomic mass is 32.1. The lowest BCUT2D eigenvalue weighted by atomic mass is 9.98. The molecule has 0 spiro atoms. The van der Waals surface area contributed by atoms with Gasteiger partial charge in [-0.1, -0.05) is 32.0 Å². The number of fused-ring (bicyclic) bond motifs is 1. The van der Waals surface area contributed by atoms with E-state index in [1.165, 1.54) is 11.3 Å². The molecule has 2 heterocycles. The molecule has 0 bridgehead atoms. The molecule has 2 aromatic heterocycles. The largest absolute Gasteiger partial charge is 0.329 e. The fraction of sp³-hybridized carbons (Fsp3) is 0.316. The smallest absolute Gasteiger partial charge is 0.324 e. The van der Waals surface area contributed by atoms with E-state index in [9.17, 15) is 14.4 Å². The topological polar surface area (TPSA) is 84.0 Å². The van der Waals surface area contributed by atoms with Crippen molar-refractivity contribution in [2.45, 2.75) is 40.2 Å². The molecule has 1 aromatic carbocycles. The van der Waals surface area contributed by atoms with Gasteiger partial charge in [-0.25, -0.2) is 4.79 Å². The first-order chi connectivity index (χ1) is 12.3. The van der Waals surface area contributed by atoms with Crippen LogP contribution in [0.25, 0.3) is 10.2 Å². The zero-order valence-electron chi connectivity index (χ0n) is 15.2. The summed E-state index contributed by atoms with van der Waals surface area (Å²) in [7, 11) is 0. The number of anilines is 1. The van der Waals surface area contributed by atoms with Crippen LogP contribution in [0.5, 0.6) is 0 Å². The van der Waals surface area contributed by atoms with Crippen LogP contribution in [0, 0.1) is 13.8 Å². The van der Waals surface area contributed by atoms with Gasteiger partial charge < -0.3 is 5.32 Å². The number of amides is 1. The average molecular weight is 371 g/mol. The number of nitrogens with one attached hydrogen (secondary N) is 2. The zero-order valence-corrected chi connectivity index (χ0v) is 16.0. The third-order valence-corrected chi connectivity index (χ3v) is 5.26. The molecule has 0 atom stereocenters. The Kier molecular flexibility index (Phi) is 4.82. The summed E-state index contributed by atoms with van der Waals surface area (Å²) in [5.41, 5.74) is 1.67. The highest BCUT2D eigenvalue weighted by Crippen LogP contribution is 2.27. The van der Waals surface area contributed by atoms with Gasteiger partial charge >= 0.3 is 5.69 Å². The van der Waals surface area contributed by atoms with Crippen LogP contribution in [0.15, 0.2) is 33.9 Å². The second-order valence-electron chi connectivity index (χ2n) is 6.66. The number of hydrogen-bond donors (Lipinski definition) is 2. The van der Waals surface area contributed by atoms with Crippen LogP contribution in [-0.2, 0) is 11.3 Å². The Morgan fingerprint density at radius 1 is 1.27 bits per heavy atom. The van der Waals surface area contributed by atoms with E-state index in [1.54, 1.807) is 6.07 Å². The summed E-state index contributed by atoms with van der Waals surface area (Å²) in [4.78, 5) is 41.5. The maximum atomic E-state index is 12.6. The van der Waals surface area contributed by atoms with Crippen molar-refractivity contribution in [3.8, 4) is 0 Å². The predicted molar refractivity (Wildman–Crippen MR) is 105 cm³/mol. The second-order valence-corrected chi connectivity index (χ2v) is 7.92. The summed E-state index contributed by atoms with van der Waals surface area (Å²) >= 11 is 1.35. The molecular formula is C19H21N3O3S. The molecule has 0 saturated heterocycles. The van der Waals surface area contributed by atoms with Gasteiger partial charge in [0.2, 0.25) is 5.91 Å². The van der Waals surface area contributed by atoms with Gasteiger partial charge in [0, 0.05) is 10.6 Å². The molecule has 136 valence electrons. The van der Waals surface area contributed by atoms with Crippen LogP contribution >= 0.6 is 11.3 Å². The zero-order chi connectivity index (χ0) is 19.0. The van der Waals surface area contributed by atoms with E-state index in [4.69, 9.17) is 0 Å². The predicted octanol–water partition coefficient (Wildman–Crippen LogP) is 3.13. The minimum atomic E-state index is -0.576. The quantitative estimate of drug-likeness (QED) is 0.739. The van der Waals surface area contributed by atoms with Gasteiger partial charge in [0.25, 0.3) is 5.56 Å². The molecule has 2 N–H and O–H groups in total. The molecule has 0 unspecified atom stereocenters. The number of aromatic nitrogens is 2. The van der Waals surface area contributed by atoms with Crippen LogP contribution in [-0.4, -0.2) is 15.5 Å². The Balaban J connectivity index is 1.94. The summed E-state index contributed by atoms with van der Waals surface area (Å²) in [6.45, 7) is 7.55. The van der Waals surface area contributed by atoms with Crippen molar-refractivity contribution in [2.24, 2.45) is 0 Å². The number of para-hydroxylation sites is 1. The molecule has 3 rings (SSSR count). The van der Waals surface area contributed by atoms with Gasteiger partial charge in [-0.2, -0.15) is 0 Å². The number of aromatic amines is 1. The molecular weight excluding hydrogens is 350 g/mol. The normalized spacial score (nSPS) is 11.3. The lowest BCUT2D eigenvalue weighted by molar-refractivity contribution is -0.116. The molecule has 0 saturated carbocycles. The van der Waals surface area contributed by atoms with Gasteiger partial charge in [0.05, 0.1) is 5.39 Å². The van der Waals surface area contributed by atoms with Crippen molar-refractivity contribution >= 4 is 33.1 Å². The summed E-state index contributed by atoms with van der Waals surface area (Å²) in [6, 6.07) is 7.56. The Morgan fingerprint density at radius 2 is 2.00 bits per heavy atom. The minimum Gasteiger partial charge on any atom is -0.324 e. The molecule has 7 heteroatoms. The first-order valence-electron chi connectivity index (χ1n) is 8.40. The number of thiophene rings is 1. The lowest BCUT2D eigenvalue weighted by Crippen LogP contribution is -2.38. The molecule has 26 heavy (non-hydrogen) atoms. The Hall–Kier alpha value is -2.67. The Morgan fingerprint density at radius 3 is 2.69 bits per heavy atom. The van der Waals surface area contributed by atoms with E-state index in [0.717, 1.165) is 26.3 Å². The number of aryl methyl sites for hydroxylation is 2. The average Bonchev–Trinajstić information content (AvgIpc) is 2.93. The number of nitrogens with zero attached hydrogens (tertiary/aromatic N) is 1. The second kappa shape index (κ2) is 6.92. The molecule has 0 aliphatic rings. The maximum Gasteiger partial charge on any atom is 0.329 e. The van der Waals surface area contributed by atoms with E-state index in [1.807, 2.05) is 45.9 Å². The molecule has 0 aliphatic heterocycles. The Labute approximate surface area is 154 Å². The maximum absolute atomic E-state index is 12.6. The fourth-order valence-electron chi connectivity index (χ4n) is 2.98. The number of rotatable bonds is 4. The van der Waals surface area contributed by atoms with Crippen LogP contribution in [0.3, 0.4) is 0 Å². The van der Waals surface area contributed by atoms with Gasteiger partial charge in [-0.3, -0.25) is 19.1 Å². The van der Waals surface area contributed by atoms with E-state index in [2.05, 4.69) is 10.3 Å². The number of carbonyl (C=O) groups is 1. The third kappa shape index (κ3) is 3.35. The van der Waals surface area contributed by atoms with E-state index in [0.29, 0.717) is 10.2 Å². The highest BCUT2D eigenvalue weighted by molar-refractivity contribution is 7.18. The van der Waals surface area contributed by atoms with Gasteiger partial charge in [-0.05, 0) is 37.0 Å². The van der Waals surface area contributed by atoms with Crippen LogP contribution in [0.2, 0.25) is 0 Å². The van der Waals surface area contributed by atoms with Gasteiger partial charge in [-0.15, -0.1) is 11.3 Å². The summed E-state index contributed by atoms with van der Waals surface area (Å²) in [5, 5.41) is 3.30. The first-order valence-corrected chi connectivity index (χ1v) is 9.22. The number of hydrogen-bond acceptors (Lipinski definition) is 4. The van der Waals surface area contributed by atoms with Crippen molar-refractivity contribution < 1.29 is 4.79 Å². The standard InChI is InChI=1S/C19H21N3O3S/c1-10(2)13-7-5-6-11(3)16(13)20-15(23)9-22-18(24)14-8-12(4)26-17(14)21-19(22)25/h5-8,10H,9H2,1-4H3,(H,20,23)(H,21,25). The van der Waals surface area contributed by atoms with Crippen molar-refractivity contribution in [3.05, 3.63) is 61.1 Å². The third-order valence-electron chi connectivity index (χ3n) is 4.29. The lowest BCUT2D eigenvalue weighted by Gasteiger charge is -2.16. The molecule has 0 fully saturated rings. The summed E-state index contributed by atoms with van der Waals surface area (Å²) in [6.07, 6.45) is 0. The van der Waals surface area contributed by atoms with Crippen LogP contribution in [0.1, 0.15) is 35.8 Å². The molecule has 6 nitrogen and oxygen atoms in total. The number of benzene rings is 1. The fourth-order valence-corrected chi connectivity index (χ4v) is 3.87. The van der Waals surface area contributed by atoms with Crippen LogP contribution < -0.4 is 16.6 Å². The molecule has 1 amide bonds. The number of carbonyl (C=O) groups excluding carboxylic acids is 1. The van der Waals surface area contributed by atoms with Crippen molar-refractivity contribution in [2.75, 3.05) is 5.32 Å². The Bertz CT molecular complexity index is 1110. The number of H-pyrrole nitrogens is 1. The van der Waals surface area contributed by atoms with Crippen molar-refractivity contribution in [1.29, 1.82) is 0 Å². The van der Waals surface area contributed by atoms with E-state index >= 15 is 0 Å². The van der Waals surface area contributed by atoms with E-state index in [-0.39, 0.29) is 12.5 Å². The molecule has 0 aliphatic carbocycles. The van der Waals surface area contributed by atoms with E-state index < -0.39 is 17.2 Å². The highest BCUT2D eigenvalue weighted by Gasteiger charge is 2.16. The van der Waals surface area contributed by atoms with Crippen molar-refractivity contribution in [3.63, 3.8) is 0 Å². The first kappa shape index (κ1) is 18.1. The van der Waals surface area contributed by atoms with Gasteiger partial charge in [0.15, 0.2) is 0 Å². The summed E-state index contributed by atoms with van der Waals surface area (Å²) < 4.78 is 0.942. The summed E-state index contributed by atoms with van der Waals surface area (Å²) in [5.74, 6) is -0.165. The van der Waals surface area contributed by atoms with Crippen LogP contribution in [0.4, 0.5) is 5.69 Å². The molecule has 3 aromatic rings. The van der Waals surface area contributed by atoms with Gasteiger partial charge in [0.1, 0.15) is 11.4 Å². The monoisotopic (exact) mass is 371 g/mol. The van der Waals surface area contributed by atoms with Crippen molar-refractivity contribution in [1.82, 2.24) is 9.55 Å². The minimum absolute atomic E-state index is 0.237. The SMILES string of the molecule is Cc1cc2c(=O)n(CC(=O)Nc3c(C)cccc3C(C)C)c(=O)[nH]c2s1. The molecule has 0 radical (unpaired) electrons.